The third-order valence-corrected chi connectivity index (χ3v) is 4.59. The number of nitrogens with zero attached hydrogens (tertiary/aromatic N) is 3. The molecule has 2 N–H and O–H groups in total. The maximum Gasteiger partial charge on any atom is 0.236 e. The number of piperidine rings is 1. The molecular formula is C14H28N4O. The summed E-state index contributed by atoms with van der Waals surface area (Å²) in [7, 11) is 2.11. The van der Waals surface area contributed by atoms with E-state index in [2.05, 4.69) is 23.8 Å². The minimum Gasteiger partial charge on any atom is -0.339 e. The average molecular weight is 268 g/mol. The van der Waals surface area contributed by atoms with Gasteiger partial charge in [-0.2, -0.15) is 0 Å². The number of piperazine rings is 1. The number of amides is 1. The van der Waals surface area contributed by atoms with Gasteiger partial charge in [0.1, 0.15) is 0 Å². The highest BCUT2D eigenvalue weighted by Crippen LogP contribution is 2.19. The highest BCUT2D eigenvalue weighted by molar-refractivity contribution is 5.78. The summed E-state index contributed by atoms with van der Waals surface area (Å²) in [6, 6.07) is 0.287. The van der Waals surface area contributed by atoms with E-state index in [-0.39, 0.29) is 6.04 Å². The third kappa shape index (κ3) is 4.16. The molecule has 0 aromatic rings. The molecule has 2 rings (SSSR count). The number of carbonyl (C=O) groups excluding carboxylic acids is 1. The van der Waals surface area contributed by atoms with Crippen molar-refractivity contribution in [3.05, 3.63) is 0 Å². The van der Waals surface area contributed by atoms with Crippen LogP contribution in [0, 0.1) is 5.92 Å². The van der Waals surface area contributed by atoms with Gasteiger partial charge in [0.15, 0.2) is 0 Å². The average Bonchev–Trinajstić information content (AvgIpc) is 2.40. The predicted octanol–water partition coefficient (Wildman–Crippen LogP) is -0.180. The minimum absolute atomic E-state index is 0.287. The number of hydrogen-bond donors (Lipinski definition) is 1. The molecular weight excluding hydrogens is 240 g/mol. The Morgan fingerprint density at radius 1 is 1.16 bits per heavy atom. The summed E-state index contributed by atoms with van der Waals surface area (Å²) in [5.74, 6) is 0.933. The topological polar surface area (TPSA) is 52.8 Å². The number of carbonyl (C=O) groups is 1. The second-order valence-electron chi connectivity index (χ2n) is 6.16. The predicted molar refractivity (Wildman–Crippen MR) is 76.9 cm³/mol. The van der Waals surface area contributed by atoms with Crippen LogP contribution in [0.5, 0.6) is 0 Å². The van der Waals surface area contributed by atoms with Gasteiger partial charge in [0.05, 0.1) is 6.54 Å². The molecule has 1 unspecified atom stereocenters. The summed E-state index contributed by atoms with van der Waals surface area (Å²) in [6.45, 7) is 8.48. The van der Waals surface area contributed by atoms with Crippen molar-refractivity contribution in [2.45, 2.75) is 25.8 Å². The van der Waals surface area contributed by atoms with Crippen molar-refractivity contribution in [1.82, 2.24) is 14.7 Å². The Kier molecular flexibility index (Phi) is 5.19. The second kappa shape index (κ2) is 6.68. The summed E-state index contributed by atoms with van der Waals surface area (Å²) in [5.41, 5.74) is 5.95. The maximum atomic E-state index is 12.2. The SMILES string of the molecule is CC(N)C1CCN(CC(=O)N2CCN(C)CC2)CC1. The molecule has 19 heavy (non-hydrogen) atoms. The molecule has 2 fully saturated rings. The Bertz CT molecular complexity index is 292. The van der Waals surface area contributed by atoms with Crippen LogP contribution in [0.3, 0.4) is 0 Å². The largest absolute Gasteiger partial charge is 0.339 e. The normalized spacial score (nSPS) is 25.5. The lowest BCUT2D eigenvalue weighted by atomic mass is 9.91. The van der Waals surface area contributed by atoms with Crippen molar-refractivity contribution in [3.8, 4) is 0 Å². The maximum absolute atomic E-state index is 12.2. The molecule has 2 saturated heterocycles. The van der Waals surface area contributed by atoms with Crippen molar-refractivity contribution in [2.24, 2.45) is 11.7 Å². The summed E-state index contributed by atoms with van der Waals surface area (Å²) in [5, 5.41) is 0. The van der Waals surface area contributed by atoms with Crippen LogP contribution in [0.4, 0.5) is 0 Å². The summed E-state index contributed by atoms with van der Waals surface area (Å²) < 4.78 is 0. The molecule has 1 atom stereocenters. The molecule has 2 aliphatic heterocycles. The zero-order valence-electron chi connectivity index (χ0n) is 12.3. The van der Waals surface area contributed by atoms with E-state index in [0.717, 1.165) is 52.1 Å². The van der Waals surface area contributed by atoms with Gasteiger partial charge in [-0.25, -0.2) is 0 Å². The van der Waals surface area contributed by atoms with Crippen LogP contribution in [0.2, 0.25) is 0 Å². The zero-order valence-corrected chi connectivity index (χ0v) is 12.3. The van der Waals surface area contributed by atoms with Gasteiger partial charge in [-0.3, -0.25) is 9.69 Å². The number of likely N-dealkylation sites (tertiary alicyclic amines) is 1. The van der Waals surface area contributed by atoms with Gasteiger partial charge in [-0.15, -0.1) is 0 Å². The Hall–Kier alpha value is -0.650. The molecule has 0 aromatic carbocycles. The Labute approximate surface area is 116 Å². The van der Waals surface area contributed by atoms with Gasteiger partial charge in [0, 0.05) is 32.2 Å². The van der Waals surface area contributed by atoms with Crippen LogP contribution in [0.1, 0.15) is 19.8 Å². The number of nitrogens with two attached hydrogens (primary N) is 1. The number of rotatable bonds is 3. The van der Waals surface area contributed by atoms with Crippen molar-refractivity contribution in [2.75, 3.05) is 52.9 Å². The third-order valence-electron chi connectivity index (χ3n) is 4.59. The molecule has 0 aromatic heterocycles. The van der Waals surface area contributed by atoms with E-state index in [9.17, 15) is 4.79 Å². The van der Waals surface area contributed by atoms with E-state index in [1.165, 1.54) is 0 Å². The van der Waals surface area contributed by atoms with Gasteiger partial charge < -0.3 is 15.5 Å². The molecule has 0 spiro atoms. The van der Waals surface area contributed by atoms with E-state index >= 15 is 0 Å². The molecule has 1 amide bonds. The lowest BCUT2D eigenvalue weighted by molar-refractivity contribution is -0.134. The standard InChI is InChI=1S/C14H28N4O/c1-12(15)13-3-5-17(6-4-13)11-14(19)18-9-7-16(2)8-10-18/h12-13H,3-11,15H2,1-2H3. The van der Waals surface area contributed by atoms with Crippen molar-refractivity contribution >= 4 is 5.91 Å². The molecule has 0 bridgehead atoms. The first-order valence-electron chi connectivity index (χ1n) is 7.50. The summed E-state index contributed by atoms with van der Waals surface area (Å²) in [6.07, 6.45) is 2.27. The number of likely N-dealkylation sites (N-methyl/N-ethyl adjacent to an activating group) is 1. The van der Waals surface area contributed by atoms with Crippen LogP contribution < -0.4 is 5.73 Å². The van der Waals surface area contributed by atoms with E-state index < -0.39 is 0 Å². The number of hydrogen-bond acceptors (Lipinski definition) is 4. The van der Waals surface area contributed by atoms with Crippen LogP contribution in [0.25, 0.3) is 0 Å². The Morgan fingerprint density at radius 2 is 1.74 bits per heavy atom. The Balaban J connectivity index is 1.72. The fourth-order valence-corrected chi connectivity index (χ4v) is 2.98. The van der Waals surface area contributed by atoms with E-state index in [1.807, 2.05) is 4.90 Å². The van der Waals surface area contributed by atoms with Gasteiger partial charge in [-0.05, 0) is 45.8 Å². The van der Waals surface area contributed by atoms with Crippen molar-refractivity contribution in [1.29, 1.82) is 0 Å². The molecule has 0 radical (unpaired) electrons. The van der Waals surface area contributed by atoms with Gasteiger partial charge in [-0.1, -0.05) is 0 Å². The van der Waals surface area contributed by atoms with Crippen LogP contribution in [0.15, 0.2) is 0 Å². The lowest BCUT2D eigenvalue weighted by Gasteiger charge is -2.36. The first kappa shape index (κ1) is 14.8. The molecule has 2 aliphatic rings. The van der Waals surface area contributed by atoms with Gasteiger partial charge in [0.25, 0.3) is 0 Å². The molecule has 5 heteroatoms. The second-order valence-corrected chi connectivity index (χ2v) is 6.16. The van der Waals surface area contributed by atoms with Crippen LogP contribution >= 0.6 is 0 Å². The molecule has 110 valence electrons. The van der Waals surface area contributed by atoms with E-state index in [0.29, 0.717) is 18.4 Å². The first-order chi connectivity index (χ1) is 9.06. The minimum atomic E-state index is 0.287. The Morgan fingerprint density at radius 3 is 2.26 bits per heavy atom. The quantitative estimate of drug-likeness (QED) is 0.771. The fraction of sp³-hybridized carbons (Fsp3) is 0.929. The summed E-state index contributed by atoms with van der Waals surface area (Å²) >= 11 is 0. The van der Waals surface area contributed by atoms with Crippen LogP contribution in [-0.2, 0) is 4.79 Å². The van der Waals surface area contributed by atoms with E-state index in [1.54, 1.807) is 0 Å². The molecule has 2 heterocycles. The van der Waals surface area contributed by atoms with Crippen molar-refractivity contribution in [3.63, 3.8) is 0 Å². The van der Waals surface area contributed by atoms with Crippen LogP contribution in [-0.4, -0.2) is 79.5 Å². The fourth-order valence-electron chi connectivity index (χ4n) is 2.98. The summed E-state index contributed by atoms with van der Waals surface area (Å²) in [4.78, 5) is 18.8. The monoisotopic (exact) mass is 268 g/mol. The smallest absolute Gasteiger partial charge is 0.236 e. The highest BCUT2D eigenvalue weighted by Gasteiger charge is 2.25. The highest BCUT2D eigenvalue weighted by atomic mass is 16.2. The molecule has 0 saturated carbocycles. The molecule has 5 nitrogen and oxygen atoms in total. The lowest BCUT2D eigenvalue weighted by Crippen LogP contribution is -2.51. The van der Waals surface area contributed by atoms with Crippen molar-refractivity contribution < 1.29 is 4.79 Å². The zero-order chi connectivity index (χ0) is 13.8. The molecule has 0 aliphatic carbocycles. The van der Waals surface area contributed by atoms with E-state index in [4.69, 9.17) is 5.73 Å². The first-order valence-corrected chi connectivity index (χ1v) is 7.50. The van der Waals surface area contributed by atoms with Gasteiger partial charge >= 0.3 is 0 Å². The van der Waals surface area contributed by atoms with Gasteiger partial charge in [0.2, 0.25) is 5.91 Å².